The topological polar surface area (TPSA) is 52.7 Å². The fourth-order valence-corrected chi connectivity index (χ4v) is 3.68. The second-order valence-electron chi connectivity index (χ2n) is 7.57. The van der Waals surface area contributed by atoms with Gasteiger partial charge < -0.3 is 4.90 Å². The Morgan fingerprint density at radius 2 is 1.87 bits per heavy atom. The Kier molecular flexibility index (Phi) is 10.6. The highest BCUT2D eigenvalue weighted by molar-refractivity contribution is 5.81. The molecule has 0 bridgehead atoms. The number of halogens is 1. The van der Waals surface area contributed by atoms with E-state index in [0.717, 1.165) is 37.9 Å². The van der Waals surface area contributed by atoms with E-state index in [1.54, 1.807) is 30.8 Å². The summed E-state index contributed by atoms with van der Waals surface area (Å²) in [4.78, 5) is 18.4. The molecule has 0 spiro atoms. The molecule has 0 radical (unpaired) electrons. The zero-order valence-corrected chi connectivity index (χ0v) is 18.8. The van der Waals surface area contributed by atoms with Crippen LogP contribution in [0.1, 0.15) is 44.6 Å². The summed E-state index contributed by atoms with van der Waals surface area (Å²) in [7, 11) is 0. The van der Waals surface area contributed by atoms with Gasteiger partial charge in [0.1, 0.15) is 5.82 Å². The standard InChI is InChI=1S/C25H34FN5/c1-5-14-31(15-6-2)25-16-20(8-9-24(25)26)22-17-23(22)21(18-28-4)19-30-13-12-29-11-7-10-27-3/h7-11,16,18-19,22-23H,3-6,12-15,17H2,1-2H3/b10-7-,21-18+,29-11-,30-19-. The lowest BCUT2D eigenvalue weighted by Crippen LogP contribution is -2.26. The molecule has 1 aromatic carbocycles. The van der Waals surface area contributed by atoms with E-state index in [1.807, 2.05) is 18.3 Å². The van der Waals surface area contributed by atoms with Crippen molar-refractivity contribution in [3.05, 3.63) is 53.6 Å². The van der Waals surface area contributed by atoms with Crippen molar-refractivity contribution in [3.63, 3.8) is 0 Å². The molecule has 1 saturated carbocycles. The van der Waals surface area contributed by atoms with Crippen LogP contribution in [0.25, 0.3) is 0 Å². The molecule has 1 aliphatic rings. The normalized spacial score (nSPS) is 18.9. The highest BCUT2D eigenvalue weighted by Crippen LogP contribution is 2.52. The van der Waals surface area contributed by atoms with Gasteiger partial charge in [0.2, 0.25) is 0 Å². The van der Waals surface area contributed by atoms with E-state index in [2.05, 4.69) is 52.2 Å². The minimum Gasteiger partial charge on any atom is -0.369 e. The average molecular weight is 424 g/mol. The first-order valence-corrected chi connectivity index (χ1v) is 11.0. The second kappa shape index (κ2) is 13.4. The Bertz CT molecular complexity index is 834. The predicted octanol–water partition coefficient (Wildman–Crippen LogP) is 5.50. The Morgan fingerprint density at radius 3 is 2.55 bits per heavy atom. The molecule has 166 valence electrons. The fraction of sp³-hybridized carbons (Fsp3) is 0.440. The zero-order chi connectivity index (χ0) is 22.5. The third kappa shape index (κ3) is 7.70. The molecule has 0 aliphatic heterocycles. The lowest BCUT2D eigenvalue weighted by molar-refractivity contribution is 0.612. The zero-order valence-electron chi connectivity index (χ0n) is 18.8. The predicted molar refractivity (Wildman–Crippen MR) is 133 cm³/mol. The Morgan fingerprint density at radius 1 is 1.13 bits per heavy atom. The lowest BCUT2D eigenvalue weighted by Gasteiger charge is -2.25. The van der Waals surface area contributed by atoms with E-state index in [-0.39, 0.29) is 5.82 Å². The smallest absolute Gasteiger partial charge is 0.146 e. The molecule has 5 nitrogen and oxygen atoms in total. The molecule has 0 aromatic heterocycles. The third-order valence-corrected chi connectivity index (χ3v) is 5.17. The van der Waals surface area contributed by atoms with Crippen molar-refractivity contribution in [2.24, 2.45) is 25.9 Å². The molecule has 0 heterocycles. The number of benzene rings is 1. The molecular formula is C25H34FN5. The summed E-state index contributed by atoms with van der Waals surface area (Å²) in [6.45, 7) is 14.1. The van der Waals surface area contributed by atoms with Crippen LogP contribution in [0, 0.1) is 11.7 Å². The van der Waals surface area contributed by atoms with E-state index < -0.39 is 0 Å². The van der Waals surface area contributed by atoms with Crippen LogP contribution in [0.4, 0.5) is 10.1 Å². The molecule has 31 heavy (non-hydrogen) atoms. The molecule has 1 aromatic rings. The molecule has 6 heteroatoms. The quantitative estimate of drug-likeness (QED) is 0.288. The summed E-state index contributed by atoms with van der Waals surface area (Å²) in [5.41, 5.74) is 2.95. The molecule has 0 N–H and O–H groups in total. The number of anilines is 1. The number of hydrogen-bond acceptors (Lipinski definition) is 5. The maximum atomic E-state index is 14.5. The van der Waals surface area contributed by atoms with Gasteiger partial charge in [-0.25, -0.2) is 4.39 Å². The fourth-order valence-electron chi connectivity index (χ4n) is 3.68. The minimum absolute atomic E-state index is 0.146. The van der Waals surface area contributed by atoms with Gasteiger partial charge in [0.25, 0.3) is 0 Å². The van der Waals surface area contributed by atoms with Gasteiger partial charge in [-0.05, 0) is 73.9 Å². The van der Waals surface area contributed by atoms with Crippen molar-refractivity contribution in [2.45, 2.75) is 39.0 Å². The highest BCUT2D eigenvalue weighted by atomic mass is 19.1. The van der Waals surface area contributed by atoms with Crippen LogP contribution in [-0.4, -0.2) is 52.0 Å². The van der Waals surface area contributed by atoms with Gasteiger partial charge in [-0.2, -0.15) is 0 Å². The van der Waals surface area contributed by atoms with Gasteiger partial charge in [0.05, 0.1) is 18.8 Å². The van der Waals surface area contributed by atoms with Crippen molar-refractivity contribution in [2.75, 3.05) is 31.1 Å². The van der Waals surface area contributed by atoms with Crippen LogP contribution < -0.4 is 4.90 Å². The molecular weight excluding hydrogens is 389 g/mol. The summed E-state index contributed by atoms with van der Waals surface area (Å²) in [6.07, 6.45) is 11.7. The van der Waals surface area contributed by atoms with Gasteiger partial charge >= 0.3 is 0 Å². The van der Waals surface area contributed by atoms with Crippen molar-refractivity contribution < 1.29 is 4.39 Å². The van der Waals surface area contributed by atoms with Crippen LogP contribution in [0.15, 0.2) is 62.2 Å². The molecule has 2 rings (SSSR count). The maximum Gasteiger partial charge on any atom is 0.146 e. The summed E-state index contributed by atoms with van der Waals surface area (Å²) in [5.74, 6) is 0.550. The minimum atomic E-state index is -0.146. The van der Waals surface area contributed by atoms with Crippen LogP contribution in [0.2, 0.25) is 0 Å². The SMILES string of the molecule is C=N/C=C\C=N/CC/N=C\C(=C/N=C)C1CC1c1ccc(F)c(N(CCC)CCC)c1. The number of nitrogens with zero attached hydrogens (tertiary/aromatic N) is 5. The number of hydrogen-bond donors (Lipinski definition) is 0. The van der Waals surface area contributed by atoms with Crippen molar-refractivity contribution in [1.29, 1.82) is 0 Å². The first-order valence-electron chi connectivity index (χ1n) is 11.0. The Hall–Kier alpha value is -2.89. The van der Waals surface area contributed by atoms with Gasteiger partial charge in [-0.15, -0.1) is 0 Å². The van der Waals surface area contributed by atoms with Gasteiger partial charge in [0.15, 0.2) is 0 Å². The first kappa shape index (κ1) is 24.4. The molecule has 2 unspecified atom stereocenters. The van der Waals surface area contributed by atoms with Gasteiger partial charge in [-0.1, -0.05) is 19.9 Å². The monoisotopic (exact) mass is 423 g/mol. The largest absolute Gasteiger partial charge is 0.369 e. The van der Waals surface area contributed by atoms with E-state index in [9.17, 15) is 4.39 Å². The van der Waals surface area contributed by atoms with Crippen LogP contribution in [-0.2, 0) is 0 Å². The third-order valence-electron chi connectivity index (χ3n) is 5.17. The molecule has 0 saturated heterocycles. The Labute approximate surface area is 185 Å². The molecule has 1 fully saturated rings. The van der Waals surface area contributed by atoms with E-state index in [0.29, 0.717) is 30.6 Å². The van der Waals surface area contributed by atoms with E-state index in [1.165, 1.54) is 5.56 Å². The lowest BCUT2D eigenvalue weighted by atomic mass is 10.0. The van der Waals surface area contributed by atoms with Crippen molar-refractivity contribution in [1.82, 2.24) is 0 Å². The molecule has 1 aliphatic carbocycles. The van der Waals surface area contributed by atoms with Crippen LogP contribution in [0.5, 0.6) is 0 Å². The maximum absolute atomic E-state index is 14.5. The summed E-state index contributed by atoms with van der Waals surface area (Å²) >= 11 is 0. The second-order valence-corrected chi connectivity index (χ2v) is 7.57. The van der Waals surface area contributed by atoms with Gasteiger partial charge in [0, 0.05) is 37.9 Å². The summed E-state index contributed by atoms with van der Waals surface area (Å²) in [5, 5.41) is 0. The molecule has 0 amide bonds. The highest BCUT2D eigenvalue weighted by Gasteiger charge is 2.40. The van der Waals surface area contributed by atoms with Crippen LogP contribution >= 0.6 is 0 Å². The first-order chi connectivity index (χ1) is 15.2. The van der Waals surface area contributed by atoms with Crippen molar-refractivity contribution in [3.8, 4) is 0 Å². The average Bonchev–Trinajstić information content (AvgIpc) is 3.56. The van der Waals surface area contributed by atoms with Crippen molar-refractivity contribution >= 4 is 31.6 Å². The summed E-state index contributed by atoms with van der Waals surface area (Å²) in [6, 6.07) is 5.55. The molecule has 2 atom stereocenters. The van der Waals surface area contributed by atoms with E-state index in [4.69, 9.17) is 0 Å². The Balaban J connectivity index is 2.03. The van der Waals surface area contributed by atoms with E-state index >= 15 is 0 Å². The number of allylic oxidation sites excluding steroid dienone is 2. The van der Waals surface area contributed by atoms with Gasteiger partial charge in [-0.3, -0.25) is 20.0 Å². The number of aliphatic imine (C=N–C) groups is 4. The van der Waals surface area contributed by atoms with Crippen LogP contribution in [0.3, 0.4) is 0 Å². The summed E-state index contributed by atoms with van der Waals surface area (Å²) < 4.78 is 14.5. The number of rotatable bonds is 14.